The predicted octanol–water partition coefficient (Wildman–Crippen LogP) is 4.01. The van der Waals surface area contributed by atoms with E-state index in [1.165, 1.54) is 20.3 Å². The number of rotatable bonds is 4. The van der Waals surface area contributed by atoms with Crippen LogP contribution in [0.2, 0.25) is 0 Å². The van der Waals surface area contributed by atoms with Crippen LogP contribution >= 0.6 is 0 Å². The zero-order valence-corrected chi connectivity index (χ0v) is 20.0. The standard InChI is InChI=1S/C27H29N5O2/c1-18-16-31(22-13-12-19(2)20(3)15-22)26-28-24-23(32(26)17-18)25(33)30(27(34)29(24)4)14-8-11-21-9-6-5-7-10-21/h5-13,15,18H,14,16-17H2,1-4H3/b11-8+/t18-/m1/s1. The van der Waals surface area contributed by atoms with E-state index in [4.69, 9.17) is 4.98 Å². The van der Waals surface area contributed by atoms with Crippen molar-refractivity contribution in [1.82, 2.24) is 18.7 Å². The van der Waals surface area contributed by atoms with Crippen molar-refractivity contribution in [1.29, 1.82) is 0 Å². The average molecular weight is 456 g/mol. The minimum atomic E-state index is -0.364. The van der Waals surface area contributed by atoms with Crippen LogP contribution in [0, 0.1) is 19.8 Å². The first-order valence-corrected chi connectivity index (χ1v) is 11.6. The summed E-state index contributed by atoms with van der Waals surface area (Å²) in [7, 11) is 1.68. The number of hydrogen-bond acceptors (Lipinski definition) is 4. The highest BCUT2D eigenvalue weighted by Crippen LogP contribution is 2.33. The number of fused-ring (bicyclic) bond motifs is 3. The Balaban J connectivity index is 1.63. The SMILES string of the molecule is Cc1ccc(N2C[C@@H](C)Cn3c2nc2c3c(=O)n(C/C=C/c3ccccc3)c(=O)n2C)cc1C. The molecule has 2 aromatic carbocycles. The fourth-order valence-corrected chi connectivity index (χ4v) is 4.64. The number of aromatic nitrogens is 4. The molecule has 2 aromatic heterocycles. The molecule has 1 aliphatic rings. The van der Waals surface area contributed by atoms with Gasteiger partial charge in [0.25, 0.3) is 5.56 Å². The van der Waals surface area contributed by atoms with Crippen molar-refractivity contribution in [2.45, 2.75) is 33.9 Å². The Morgan fingerprint density at radius 1 is 1.03 bits per heavy atom. The molecule has 0 saturated heterocycles. The van der Waals surface area contributed by atoms with E-state index in [9.17, 15) is 9.59 Å². The highest BCUT2D eigenvalue weighted by molar-refractivity contribution is 5.77. The number of anilines is 2. The fraction of sp³-hybridized carbons (Fsp3) is 0.296. The van der Waals surface area contributed by atoms with Crippen LogP contribution in [-0.2, 0) is 20.1 Å². The quantitative estimate of drug-likeness (QED) is 0.466. The van der Waals surface area contributed by atoms with Gasteiger partial charge in [-0.05, 0) is 48.6 Å². The molecular weight excluding hydrogens is 426 g/mol. The summed E-state index contributed by atoms with van der Waals surface area (Å²) in [6.07, 6.45) is 3.77. The maximum atomic E-state index is 13.6. The van der Waals surface area contributed by atoms with Crippen molar-refractivity contribution in [3.8, 4) is 0 Å². The molecule has 174 valence electrons. The minimum Gasteiger partial charge on any atom is -0.312 e. The van der Waals surface area contributed by atoms with Crippen LogP contribution in [0.5, 0.6) is 0 Å². The molecular formula is C27H29N5O2. The van der Waals surface area contributed by atoms with E-state index >= 15 is 0 Å². The normalized spacial score (nSPS) is 15.9. The number of nitrogens with zero attached hydrogens (tertiary/aromatic N) is 5. The molecule has 1 atom stereocenters. The molecule has 0 spiro atoms. The van der Waals surface area contributed by atoms with Gasteiger partial charge >= 0.3 is 5.69 Å². The Labute approximate surface area is 198 Å². The van der Waals surface area contributed by atoms with Crippen LogP contribution in [0.25, 0.3) is 17.2 Å². The van der Waals surface area contributed by atoms with Gasteiger partial charge in [0.05, 0.1) is 0 Å². The Morgan fingerprint density at radius 2 is 1.79 bits per heavy atom. The molecule has 0 amide bonds. The summed E-state index contributed by atoms with van der Waals surface area (Å²) in [5, 5.41) is 0. The van der Waals surface area contributed by atoms with Gasteiger partial charge in [-0.2, -0.15) is 4.98 Å². The maximum absolute atomic E-state index is 13.6. The highest BCUT2D eigenvalue weighted by Gasteiger charge is 2.29. The van der Waals surface area contributed by atoms with Crippen LogP contribution in [0.1, 0.15) is 23.6 Å². The van der Waals surface area contributed by atoms with Gasteiger partial charge < -0.3 is 9.47 Å². The third-order valence-electron chi connectivity index (χ3n) is 6.64. The molecule has 7 heteroatoms. The summed E-state index contributed by atoms with van der Waals surface area (Å²) in [6, 6.07) is 16.2. The van der Waals surface area contributed by atoms with Crippen LogP contribution < -0.4 is 16.1 Å². The molecule has 1 aliphatic heterocycles. The third-order valence-corrected chi connectivity index (χ3v) is 6.64. The van der Waals surface area contributed by atoms with Crippen LogP contribution in [0.4, 0.5) is 11.6 Å². The van der Waals surface area contributed by atoms with Crippen LogP contribution in [0.3, 0.4) is 0 Å². The molecule has 5 rings (SSSR count). The van der Waals surface area contributed by atoms with E-state index < -0.39 is 0 Å². The Morgan fingerprint density at radius 3 is 2.53 bits per heavy atom. The lowest BCUT2D eigenvalue weighted by Gasteiger charge is -2.33. The number of imidazole rings is 1. The summed E-state index contributed by atoms with van der Waals surface area (Å²) < 4.78 is 4.76. The molecule has 0 fully saturated rings. The zero-order valence-electron chi connectivity index (χ0n) is 20.0. The van der Waals surface area contributed by atoms with E-state index in [2.05, 4.69) is 43.9 Å². The molecule has 34 heavy (non-hydrogen) atoms. The summed E-state index contributed by atoms with van der Waals surface area (Å²) in [5.74, 6) is 1.02. The highest BCUT2D eigenvalue weighted by atomic mass is 16.2. The van der Waals surface area contributed by atoms with Gasteiger partial charge in [-0.3, -0.25) is 13.9 Å². The summed E-state index contributed by atoms with van der Waals surface area (Å²) in [5.41, 5.74) is 4.74. The van der Waals surface area contributed by atoms with E-state index in [0.29, 0.717) is 29.6 Å². The second kappa shape index (κ2) is 8.48. The van der Waals surface area contributed by atoms with E-state index in [1.807, 2.05) is 47.1 Å². The molecule has 0 unspecified atom stereocenters. The van der Waals surface area contributed by atoms with Crippen molar-refractivity contribution in [3.05, 3.63) is 92.1 Å². The first kappa shape index (κ1) is 21.9. The topological polar surface area (TPSA) is 65.1 Å². The smallest absolute Gasteiger partial charge is 0.312 e. The number of benzene rings is 2. The average Bonchev–Trinajstić information content (AvgIpc) is 3.21. The second-order valence-corrected chi connectivity index (χ2v) is 9.25. The van der Waals surface area contributed by atoms with Gasteiger partial charge in [0.15, 0.2) is 11.2 Å². The van der Waals surface area contributed by atoms with Gasteiger partial charge in [-0.1, -0.05) is 55.5 Å². The lowest BCUT2D eigenvalue weighted by Crippen LogP contribution is -2.40. The molecule has 0 bridgehead atoms. The second-order valence-electron chi connectivity index (χ2n) is 9.25. The van der Waals surface area contributed by atoms with Crippen molar-refractivity contribution in [3.63, 3.8) is 0 Å². The Hall–Kier alpha value is -3.87. The third kappa shape index (κ3) is 3.67. The number of allylic oxidation sites excluding steroid dienone is 1. The molecule has 3 heterocycles. The largest absolute Gasteiger partial charge is 0.332 e. The van der Waals surface area contributed by atoms with Crippen LogP contribution in [0.15, 0.2) is 64.2 Å². The molecule has 7 nitrogen and oxygen atoms in total. The Bertz CT molecular complexity index is 1520. The maximum Gasteiger partial charge on any atom is 0.332 e. The summed E-state index contributed by atoms with van der Waals surface area (Å²) >= 11 is 0. The number of hydrogen-bond donors (Lipinski definition) is 0. The molecule has 0 N–H and O–H groups in total. The lowest BCUT2D eigenvalue weighted by molar-refractivity contribution is 0.458. The van der Waals surface area contributed by atoms with Crippen molar-refractivity contribution < 1.29 is 0 Å². The molecule has 0 aliphatic carbocycles. The van der Waals surface area contributed by atoms with Crippen molar-refractivity contribution in [2.24, 2.45) is 13.0 Å². The van der Waals surface area contributed by atoms with Gasteiger partial charge in [-0.25, -0.2) is 4.79 Å². The minimum absolute atomic E-state index is 0.202. The van der Waals surface area contributed by atoms with Crippen LogP contribution in [-0.4, -0.2) is 25.2 Å². The fourth-order valence-electron chi connectivity index (χ4n) is 4.64. The molecule has 0 saturated carbocycles. The summed E-state index contributed by atoms with van der Waals surface area (Å²) in [4.78, 5) is 33.6. The van der Waals surface area contributed by atoms with Gasteiger partial charge in [-0.15, -0.1) is 0 Å². The zero-order chi connectivity index (χ0) is 24.0. The summed E-state index contributed by atoms with van der Waals surface area (Å²) in [6.45, 7) is 8.05. The molecule has 4 aromatic rings. The van der Waals surface area contributed by atoms with E-state index in [0.717, 1.165) is 17.8 Å². The first-order chi connectivity index (χ1) is 16.3. The molecule has 0 radical (unpaired) electrons. The van der Waals surface area contributed by atoms with E-state index in [-0.39, 0.29) is 17.8 Å². The monoisotopic (exact) mass is 455 g/mol. The van der Waals surface area contributed by atoms with Gasteiger partial charge in [0.1, 0.15) is 0 Å². The van der Waals surface area contributed by atoms with E-state index in [1.54, 1.807) is 7.05 Å². The first-order valence-electron chi connectivity index (χ1n) is 11.6. The predicted molar refractivity (Wildman–Crippen MR) is 137 cm³/mol. The Kier molecular flexibility index (Phi) is 5.48. The van der Waals surface area contributed by atoms with Crippen molar-refractivity contribution >= 4 is 28.9 Å². The van der Waals surface area contributed by atoms with Gasteiger partial charge in [0, 0.05) is 32.4 Å². The van der Waals surface area contributed by atoms with Gasteiger partial charge in [0.2, 0.25) is 5.95 Å². The van der Waals surface area contributed by atoms with Crippen molar-refractivity contribution in [2.75, 3.05) is 11.4 Å². The number of aryl methyl sites for hydroxylation is 3. The lowest BCUT2D eigenvalue weighted by atomic mass is 10.1.